The molecule has 0 atom stereocenters. The van der Waals surface area contributed by atoms with Crippen LogP contribution in [0.25, 0.3) is 6.08 Å². The minimum atomic E-state index is -4.71. The van der Waals surface area contributed by atoms with E-state index in [-0.39, 0.29) is 11.7 Å². The van der Waals surface area contributed by atoms with Crippen molar-refractivity contribution in [2.24, 2.45) is 0 Å². The van der Waals surface area contributed by atoms with Crippen molar-refractivity contribution in [2.75, 3.05) is 26.2 Å². The predicted molar refractivity (Wildman–Crippen MR) is 100 cm³/mol. The SMILES string of the molecule is O=C(/C=C/c1ccc(OC(F)(F)F)cc1)N1CCN(Cc2ccccc2)CC1. The Bertz CT molecular complexity index is 797. The van der Waals surface area contributed by atoms with Crippen molar-refractivity contribution < 1.29 is 22.7 Å². The van der Waals surface area contributed by atoms with Gasteiger partial charge in [0.25, 0.3) is 0 Å². The minimum absolute atomic E-state index is 0.102. The molecule has 0 bridgehead atoms. The number of rotatable bonds is 5. The van der Waals surface area contributed by atoms with E-state index in [9.17, 15) is 18.0 Å². The number of nitrogens with zero attached hydrogens (tertiary/aromatic N) is 2. The maximum absolute atomic E-state index is 12.3. The number of piperazine rings is 1. The van der Waals surface area contributed by atoms with Crippen molar-refractivity contribution in [1.82, 2.24) is 9.80 Å². The van der Waals surface area contributed by atoms with Gasteiger partial charge in [-0.3, -0.25) is 9.69 Å². The predicted octanol–water partition coefficient (Wildman–Crippen LogP) is 3.94. The van der Waals surface area contributed by atoms with Crippen LogP contribution in [0.15, 0.2) is 60.7 Å². The van der Waals surface area contributed by atoms with E-state index in [0.29, 0.717) is 18.7 Å². The molecule has 1 fully saturated rings. The number of carbonyl (C=O) groups excluding carboxylic acids is 1. The summed E-state index contributed by atoms with van der Waals surface area (Å²) in [6.45, 7) is 3.77. The highest BCUT2D eigenvalue weighted by atomic mass is 19.4. The summed E-state index contributed by atoms with van der Waals surface area (Å²) in [5.41, 5.74) is 1.88. The molecule has 1 aliphatic rings. The number of alkyl halides is 3. The summed E-state index contributed by atoms with van der Waals surface area (Å²) in [6.07, 6.45) is -1.67. The van der Waals surface area contributed by atoms with E-state index in [1.807, 2.05) is 18.2 Å². The van der Waals surface area contributed by atoms with Crippen molar-refractivity contribution in [3.8, 4) is 5.75 Å². The lowest BCUT2D eigenvalue weighted by Gasteiger charge is -2.34. The van der Waals surface area contributed by atoms with Crippen LogP contribution in [0.4, 0.5) is 13.2 Å². The van der Waals surface area contributed by atoms with Crippen LogP contribution in [0.1, 0.15) is 11.1 Å². The van der Waals surface area contributed by atoms with Gasteiger partial charge in [-0.25, -0.2) is 0 Å². The van der Waals surface area contributed by atoms with Gasteiger partial charge in [0, 0.05) is 38.8 Å². The average Bonchev–Trinajstić information content (AvgIpc) is 2.67. The Hall–Kier alpha value is -2.80. The zero-order valence-electron chi connectivity index (χ0n) is 15.2. The molecule has 0 aliphatic carbocycles. The third kappa shape index (κ3) is 6.13. The molecule has 0 aromatic heterocycles. The van der Waals surface area contributed by atoms with Gasteiger partial charge in [0.05, 0.1) is 0 Å². The third-order valence-corrected chi connectivity index (χ3v) is 4.47. The first-order chi connectivity index (χ1) is 13.4. The molecule has 7 heteroatoms. The van der Waals surface area contributed by atoms with Crippen LogP contribution < -0.4 is 4.74 Å². The number of amides is 1. The first kappa shape index (κ1) is 19.9. The van der Waals surface area contributed by atoms with Gasteiger partial charge in [-0.1, -0.05) is 42.5 Å². The Kier molecular flexibility index (Phi) is 6.36. The molecule has 1 amide bonds. The molecule has 2 aromatic rings. The molecular formula is C21H21F3N2O2. The van der Waals surface area contributed by atoms with Gasteiger partial charge in [-0.15, -0.1) is 13.2 Å². The lowest BCUT2D eigenvalue weighted by molar-refractivity contribution is -0.274. The van der Waals surface area contributed by atoms with Gasteiger partial charge >= 0.3 is 6.36 Å². The Balaban J connectivity index is 1.47. The molecule has 3 rings (SSSR count). The van der Waals surface area contributed by atoms with Crippen molar-refractivity contribution in [2.45, 2.75) is 12.9 Å². The largest absolute Gasteiger partial charge is 0.573 e. The summed E-state index contributed by atoms with van der Waals surface area (Å²) in [5, 5.41) is 0. The van der Waals surface area contributed by atoms with Crippen LogP contribution in [0, 0.1) is 0 Å². The summed E-state index contributed by atoms with van der Waals surface area (Å²) >= 11 is 0. The van der Waals surface area contributed by atoms with E-state index in [1.54, 1.807) is 11.0 Å². The maximum Gasteiger partial charge on any atom is 0.573 e. The molecule has 0 N–H and O–H groups in total. The summed E-state index contributed by atoms with van der Waals surface area (Å²) in [4.78, 5) is 16.4. The summed E-state index contributed by atoms with van der Waals surface area (Å²) in [7, 11) is 0. The smallest absolute Gasteiger partial charge is 0.406 e. The fraction of sp³-hybridized carbons (Fsp3) is 0.286. The van der Waals surface area contributed by atoms with Gasteiger partial charge in [0.15, 0.2) is 0 Å². The molecule has 1 saturated heterocycles. The van der Waals surface area contributed by atoms with Crippen molar-refractivity contribution >= 4 is 12.0 Å². The second-order valence-electron chi connectivity index (χ2n) is 6.54. The fourth-order valence-electron chi connectivity index (χ4n) is 3.02. The average molecular weight is 390 g/mol. The molecule has 28 heavy (non-hydrogen) atoms. The van der Waals surface area contributed by atoms with Crippen molar-refractivity contribution in [3.63, 3.8) is 0 Å². The van der Waals surface area contributed by atoms with Crippen molar-refractivity contribution in [3.05, 3.63) is 71.8 Å². The number of ether oxygens (including phenoxy) is 1. The molecule has 148 valence electrons. The van der Waals surface area contributed by atoms with Gasteiger partial charge in [-0.2, -0.15) is 0 Å². The van der Waals surface area contributed by atoms with Crippen LogP contribution in [-0.2, 0) is 11.3 Å². The van der Waals surface area contributed by atoms with Crippen molar-refractivity contribution in [1.29, 1.82) is 0 Å². The third-order valence-electron chi connectivity index (χ3n) is 4.47. The first-order valence-corrected chi connectivity index (χ1v) is 8.98. The van der Waals surface area contributed by atoms with Gasteiger partial charge in [-0.05, 0) is 29.3 Å². The number of hydrogen-bond acceptors (Lipinski definition) is 3. The lowest BCUT2D eigenvalue weighted by atomic mass is 10.2. The zero-order chi connectivity index (χ0) is 20.0. The van der Waals surface area contributed by atoms with Crippen LogP contribution >= 0.6 is 0 Å². The minimum Gasteiger partial charge on any atom is -0.406 e. The topological polar surface area (TPSA) is 32.8 Å². The first-order valence-electron chi connectivity index (χ1n) is 8.98. The molecule has 2 aromatic carbocycles. The Morgan fingerprint density at radius 2 is 1.61 bits per heavy atom. The number of hydrogen-bond donors (Lipinski definition) is 0. The molecule has 0 radical (unpaired) electrons. The van der Waals surface area contributed by atoms with Gasteiger partial charge < -0.3 is 9.64 Å². The van der Waals surface area contributed by atoms with Crippen LogP contribution in [0.3, 0.4) is 0 Å². The molecule has 0 saturated carbocycles. The van der Waals surface area contributed by atoms with Gasteiger partial charge in [0.1, 0.15) is 5.75 Å². The molecule has 4 nitrogen and oxygen atoms in total. The summed E-state index contributed by atoms with van der Waals surface area (Å²) in [5.74, 6) is -0.388. The Morgan fingerprint density at radius 3 is 2.21 bits per heavy atom. The molecule has 1 aliphatic heterocycles. The van der Waals surface area contributed by atoms with E-state index < -0.39 is 6.36 Å². The molecular weight excluding hydrogens is 369 g/mol. The maximum atomic E-state index is 12.3. The van der Waals surface area contributed by atoms with Gasteiger partial charge in [0.2, 0.25) is 5.91 Å². The number of carbonyl (C=O) groups is 1. The second-order valence-corrected chi connectivity index (χ2v) is 6.54. The summed E-state index contributed by atoms with van der Waals surface area (Å²) < 4.78 is 40.3. The van der Waals surface area contributed by atoms with Crippen LogP contribution in [-0.4, -0.2) is 48.2 Å². The summed E-state index contributed by atoms with van der Waals surface area (Å²) in [6, 6.07) is 15.6. The quantitative estimate of drug-likeness (QED) is 0.725. The molecule has 0 spiro atoms. The van der Waals surface area contributed by atoms with Crippen LogP contribution in [0.5, 0.6) is 5.75 Å². The zero-order valence-corrected chi connectivity index (χ0v) is 15.2. The van der Waals surface area contributed by atoms with E-state index in [1.165, 1.54) is 35.9 Å². The van der Waals surface area contributed by atoms with Crippen LogP contribution in [0.2, 0.25) is 0 Å². The van der Waals surface area contributed by atoms with E-state index >= 15 is 0 Å². The number of benzene rings is 2. The lowest BCUT2D eigenvalue weighted by Crippen LogP contribution is -2.47. The molecule has 0 unspecified atom stereocenters. The Labute approximate surface area is 161 Å². The Morgan fingerprint density at radius 1 is 0.964 bits per heavy atom. The van der Waals surface area contributed by atoms with E-state index in [4.69, 9.17) is 0 Å². The normalized spacial score (nSPS) is 15.8. The fourth-order valence-corrected chi connectivity index (χ4v) is 3.02. The van der Waals surface area contributed by atoms with E-state index in [0.717, 1.165) is 19.6 Å². The van der Waals surface area contributed by atoms with E-state index in [2.05, 4.69) is 21.8 Å². The monoisotopic (exact) mass is 390 g/mol. The highest BCUT2D eigenvalue weighted by molar-refractivity contribution is 5.91. The second kappa shape index (κ2) is 8.93. The molecule has 1 heterocycles. The number of halogens is 3. The standard InChI is InChI=1S/C21H21F3N2O2/c22-21(23,24)28-19-9-6-17(7-10-19)8-11-20(27)26-14-12-25(13-15-26)16-18-4-2-1-3-5-18/h1-11H,12-16H2/b11-8+. The highest BCUT2D eigenvalue weighted by Gasteiger charge is 2.30. The highest BCUT2D eigenvalue weighted by Crippen LogP contribution is 2.23.